The number of ether oxygens (including phenoxy) is 1. The Morgan fingerprint density at radius 1 is 1.15 bits per heavy atom. The van der Waals surface area contributed by atoms with Gasteiger partial charge in [-0.1, -0.05) is 13.8 Å². The molecule has 2 N–H and O–H groups in total. The van der Waals surface area contributed by atoms with Crippen LogP contribution in [0.1, 0.15) is 41.0 Å². The van der Waals surface area contributed by atoms with Crippen molar-refractivity contribution in [1.29, 1.82) is 0 Å². The van der Waals surface area contributed by atoms with E-state index in [1.54, 1.807) is 39.3 Å². The first-order valence-corrected chi connectivity index (χ1v) is 9.71. The van der Waals surface area contributed by atoms with Crippen LogP contribution in [0.3, 0.4) is 0 Å². The van der Waals surface area contributed by atoms with Crippen molar-refractivity contribution in [3.05, 3.63) is 29.8 Å². The molecular formula is C17H24F2N2O5S. The molecule has 0 aliphatic heterocycles. The third-order valence-corrected chi connectivity index (χ3v) is 4.50. The van der Waals surface area contributed by atoms with Gasteiger partial charge in [0.1, 0.15) is 11.6 Å². The van der Waals surface area contributed by atoms with Gasteiger partial charge in [0.05, 0.1) is 4.90 Å². The lowest BCUT2D eigenvalue weighted by Crippen LogP contribution is -2.50. The Hall–Kier alpha value is -2.23. The molecule has 1 atom stereocenters. The van der Waals surface area contributed by atoms with E-state index in [-0.39, 0.29) is 12.3 Å². The summed E-state index contributed by atoms with van der Waals surface area (Å²) in [6, 6.07) is 0.731. The fourth-order valence-corrected chi connectivity index (χ4v) is 3.09. The molecule has 0 aromatic heterocycles. The lowest BCUT2D eigenvalue weighted by atomic mass is 10.0. The van der Waals surface area contributed by atoms with Crippen LogP contribution < -0.4 is 10.0 Å². The fourth-order valence-electron chi connectivity index (χ4n) is 2.06. The second-order valence-corrected chi connectivity index (χ2v) is 9.06. The normalized spacial score (nSPS) is 13.2. The molecule has 0 aliphatic rings. The zero-order valence-corrected chi connectivity index (χ0v) is 16.6. The van der Waals surface area contributed by atoms with Gasteiger partial charge in [-0.3, -0.25) is 4.79 Å². The minimum Gasteiger partial charge on any atom is -0.444 e. The van der Waals surface area contributed by atoms with Crippen molar-refractivity contribution < 1.29 is 31.5 Å². The zero-order valence-electron chi connectivity index (χ0n) is 15.8. The van der Waals surface area contributed by atoms with E-state index >= 15 is 0 Å². The van der Waals surface area contributed by atoms with E-state index in [2.05, 4.69) is 5.32 Å². The summed E-state index contributed by atoms with van der Waals surface area (Å²) in [4.78, 5) is 23.7. The van der Waals surface area contributed by atoms with Crippen LogP contribution in [0.4, 0.5) is 13.6 Å². The van der Waals surface area contributed by atoms with Gasteiger partial charge in [0.25, 0.3) is 15.9 Å². The number of rotatable bonds is 6. The van der Waals surface area contributed by atoms with E-state index < -0.39 is 50.2 Å². The molecule has 0 heterocycles. The van der Waals surface area contributed by atoms with Gasteiger partial charge < -0.3 is 10.1 Å². The molecule has 0 saturated heterocycles. The van der Waals surface area contributed by atoms with Crippen molar-refractivity contribution in [3.63, 3.8) is 0 Å². The maximum Gasteiger partial charge on any atom is 0.408 e. The van der Waals surface area contributed by atoms with Crippen molar-refractivity contribution in [2.45, 2.75) is 57.6 Å². The summed E-state index contributed by atoms with van der Waals surface area (Å²) < 4.78 is 57.6. The van der Waals surface area contributed by atoms with Gasteiger partial charge in [-0.05, 0) is 51.3 Å². The number of carbonyl (C=O) groups excluding carboxylic acids is 2. The number of nitrogens with one attached hydrogen (secondary N) is 2. The van der Waals surface area contributed by atoms with E-state index in [1.165, 1.54) is 0 Å². The number of hydrogen-bond donors (Lipinski definition) is 2. The number of alkyl carbamates (subject to hydrolysis) is 1. The fraction of sp³-hybridized carbons (Fsp3) is 0.529. The summed E-state index contributed by atoms with van der Waals surface area (Å²) in [6.45, 7) is 8.47. The molecule has 10 heteroatoms. The Bertz CT molecular complexity index is 804. The largest absolute Gasteiger partial charge is 0.444 e. The Balaban J connectivity index is 2.97. The van der Waals surface area contributed by atoms with Gasteiger partial charge in [0.15, 0.2) is 11.6 Å². The smallest absolute Gasteiger partial charge is 0.408 e. The Morgan fingerprint density at radius 2 is 1.74 bits per heavy atom. The minimum atomic E-state index is -4.45. The first kappa shape index (κ1) is 22.8. The van der Waals surface area contributed by atoms with Crippen LogP contribution in [0.5, 0.6) is 0 Å². The van der Waals surface area contributed by atoms with Gasteiger partial charge in [-0.25, -0.2) is 26.7 Å². The van der Waals surface area contributed by atoms with Crippen molar-refractivity contribution in [1.82, 2.24) is 10.0 Å². The molecule has 0 fully saturated rings. The number of carbonyl (C=O) groups is 2. The van der Waals surface area contributed by atoms with Crippen LogP contribution in [0.25, 0.3) is 0 Å². The van der Waals surface area contributed by atoms with E-state index in [0.717, 1.165) is 6.07 Å². The summed E-state index contributed by atoms with van der Waals surface area (Å²) in [7, 11) is -4.45. The maximum atomic E-state index is 13.3. The summed E-state index contributed by atoms with van der Waals surface area (Å²) in [5.41, 5.74) is -0.805. The quantitative estimate of drug-likeness (QED) is 0.756. The SMILES string of the molecule is CC(C)CC(NC(=O)OC(C)(C)C)C(=O)NS(=O)(=O)c1ccc(F)c(F)c1. The number of halogens is 2. The topological polar surface area (TPSA) is 102 Å². The monoisotopic (exact) mass is 406 g/mol. The van der Waals surface area contributed by atoms with Crippen molar-refractivity contribution in [2.24, 2.45) is 5.92 Å². The molecule has 27 heavy (non-hydrogen) atoms. The molecule has 1 aromatic rings. The molecule has 152 valence electrons. The summed E-state index contributed by atoms with van der Waals surface area (Å²) in [5.74, 6) is -3.65. The molecule has 0 bridgehead atoms. The molecule has 0 spiro atoms. The van der Waals surface area contributed by atoms with Gasteiger partial charge in [-0.2, -0.15) is 0 Å². The van der Waals surface area contributed by atoms with Crippen molar-refractivity contribution in [3.8, 4) is 0 Å². The van der Waals surface area contributed by atoms with Crippen LogP contribution in [0, 0.1) is 17.6 Å². The Morgan fingerprint density at radius 3 is 2.22 bits per heavy atom. The first-order chi connectivity index (χ1) is 12.2. The molecule has 1 unspecified atom stereocenters. The van der Waals surface area contributed by atoms with Crippen molar-refractivity contribution in [2.75, 3.05) is 0 Å². The van der Waals surface area contributed by atoms with Crippen molar-refractivity contribution >= 4 is 22.0 Å². The molecule has 1 aromatic carbocycles. The lowest BCUT2D eigenvalue weighted by molar-refractivity contribution is -0.121. The number of amides is 2. The summed E-state index contributed by atoms with van der Waals surface area (Å²) >= 11 is 0. The Kier molecular flexibility index (Phi) is 7.30. The minimum absolute atomic E-state index is 0.0540. The average Bonchev–Trinajstić information content (AvgIpc) is 2.46. The summed E-state index contributed by atoms with van der Waals surface area (Å²) in [6.07, 6.45) is -0.744. The highest BCUT2D eigenvalue weighted by atomic mass is 32.2. The lowest BCUT2D eigenvalue weighted by Gasteiger charge is -2.24. The molecule has 0 radical (unpaired) electrons. The Labute approximate surface area is 157 Å². The number of sulfonamides is 1. The molecule has 0 aliphatic carbocycles. The number of hydrogen-bond acceptors (Lipinski definition) is 5. The number of benzene rings is 1. The predicted molar refractivity (Wildman–Crippen MR) is 94.3 cm³/mol. The van der Waals surface area contributed by atoms with E-state index in [4.69, 9.17) is 4.74 Å². The van der Waals surface area contributed by atoms with E-state index in [1.807, 2.05) is 0 Å². The molecular weight excluding hydrogens is 382 g/mol. The van der Waals surface area contributed by atoms with E-state index in [9.17, 15) is 26.8 Å². The van der Waals surface area contributed by atoms with Crippen LogP contribution in [-0.4, -0.2) is 32.1 Å². The maximum absolute atomic E-state index is 13.3. The zero-order chi connectivity index (χ0) is 21.0. The standard InChI is InChI=1S/C17H24F2N2O5S/c1-10(2)8-14(20-16(23)26-17(3,4)5)15(22)21-27(24,25)11-6-7-12(18)13(19)9-11/h6-7,9-10,14H,8H2,1-5H3,(H,20,23)(H,21,22). The van der Waals surface area contributed by atoms with Gasteiger partial charge in [-0.15, -0.1) is 0 Å². The second-order valence-electron chi connectivity index (χ2n) is 7.37. The van der Waals surface area contributed by atoms with E-state index in [0.29, 0.717) is 12.1 Å². The highest BCUT2D eigenvalue weighted by molar-refractivity contribution is 7.90. The molecule has 2 amide bonds. The molecule has 1 rings (SSSR count). The van der Waals surface area contributed by atoms with Gasteiger partial charge in [0, 0.05) is 0 Å². The van der Waals surface area contributed by atoms with Crippen LogP contribution in [0.15, 0.2) is 23.1 Å². The molecule has 0 saturated carbocycles. The van der Waals surface area contributed by atoms with Crippen LogP contribution in [-0.2, 0) is 19.6 Å². The van der Waals surface area contributed by atoms with Crippen LogP contribution >= 0.6 is 0 Å². The molecule has 7 nitrogen and oxygen atoms in total. The first-order valence-electron chi connectivity index (χ1n) is 8.22. The van der Waals surface area contributed by atoms with Gasteiger partial charge >= 0.3 is 6.09 Å². The third kappa shape index (κ3) is 7.49. The van der Waals surface area contributed by atoms with Crippen LogP contribution in [0.2, 0.25) is 0 Å². The van der Waals surface area contributed by atoms with Gasteiger partial charge in [0.2, 0.25) is 0 Å². The third-order valence-electron chi connectivity index (χ3n) is 3.15. The summed E-state index contributed by atoms with van der Waals surface area (Å²) in [5, 5.41) is 2.33. The predicted octanol–water partition coefficient (Wildman–Crippen LogP) is 2.71. The second kappa shape index (κ2) is 8.64. The highest BCUT2D eigenvalue weighted by Gasteiger charge is 2.29. The highest BCUT2D eigenvalue weighted by Crippen LogP contribution is 2.15. The average molecular weight is 406 g/mol.